The molecule has 7 nitrogen and oxygen atoms in total. The number of aryl methyl sites for hydroxylation is 2. The van der Waals surface area contributed by atoms with Gasteiger partial charge in [-0.3, -0.25) is 9.79 Å². The van der Waals surface area contributed by atoms with E-state index in [2.05, 4.69) is 46.2 Å². The van der Waals surface area contributed by atoms with Crippen molar-refractivity contribution in [3.63, 3.8) is 0 Å². The van der Waals surface area contributed by atoms with E-state index in [0.717, 1.165) is 33.6 Å². The Bertz CT molecular complexity index is 935. The second-order valence-electron chi connectivity index (χ2n) is 7.77. The smallest absolute Gasteiger partial charge is 0.255 e. The zero-order chi connectivity index (χ0) is 21.7. The molecule has 0 spiro atoms. The third-order valence-electron chi connectivity index (χ3n) is 4.71. The molecule has 2 N–H and O–H groups in total. The number of aromatic nitrogens is 2. The number of thiazole rings is 1. The number of aliphatic imine (C=N–C) groups is 1. The zero-order valence-corrected chi connectivity index (χ0v) is 19.5. The highest BCUT2D eigenvalue weighted by Gasteiger charge is 2.29. The second-order valence-corrected chi connectivity index (χ2v) is 9.83. The molecule has 3 rings (SSSR count). The summed E-state index contributed by atoms with van der Waals surface area (Å²) in [5.74, 6) is 1.38. The van der Waals surface area contributed by atoms with Crippen molar-refractivity contribution in [3.8, 4) is 0 Å². The number of anilines is 1. The van der Waals surface area contributed by atoms with Gasteiger partial charge in [0.05, 0.1) is 32.7 Å². The maximum absolute atomic E-state index is 12.7. The van der Waals surface area contributed by atoms with Crippen LogP contribution in [-0.2, 0) is 0 Å². The number of amides is 1. The van der Waals surface area contributed by atoms with Gasteiger partial charge in [0.1, 0.15) is 5.82 Å². The van der Waals surface area contributed by atoms with Crippen LogP contribution in [0.3, 0.4) is 0 Å². The Hall–Kier alpha value is -2.23. The number of hydrogen-bond donors (Lipinski definition) is 2. The van der Waals surface area contributed by atoms with Crippen molar-refractivity contribution in [2.24, 2.45) is 4.99 Å². The Morgan fingerprint density at radius 3 is 2.87 bits per heavy atom. The number of piperazine rings is 1. The second kappa shape index (κ2) is 9.72. The first-order chi connectivity index (χ1) is 14.3. The first-order valence-corrected chi connectivity index (χ1v) is 11.6. The van der Waals surface area contributed by atoms with E-state index in [9.17, 15) is 4.79 Å². The van der Waals surface area contributed by atoms with E-state index in [1.807, 2.05) is 36.3 Å². The summed E-state index contributed by atoms with van der Waals surface area (Å²) in [6, 6.07) is 3.67. The number of nitrogens with zero attached hydrogens (tertiary/aromatic N) is 4. The van der Waals surface area contributed by atoms with Gasteiger partial charge < -0.3 is 15.5 Å². The molecule has 1 saturated heterocycles. The lowest BCUT2D eigenvalue weighted by Crippen LogP contribution is -2.58. The number of carbonyl (C=O) groups is 1. The summed E-state index contributed by atoms with van der Waals surface area (Å²) < 4.78 is 0. The molecule has 160 valence electrons. The lowest BCUT2D eigenvalue weighted by molar-refractivity contribution is 0.0652. The quantitative estimate of drug-likeness (QED) is 0.384. The molecule has 0 atom stereocenters. The SMILES string of the molecule is C=N/C(=C\SCNc1ccc(C(=O)N2CCNC(C)(C)C2)cn1)c1sc(C)nc1C. The minimum Gasteiger partial charge on any atom is -0.361 e. The molecule has 0 aliphatic carbocycles. The highest BCUT2D eigenvalue weighted by molar-refractivity contribution is 8.02. The van der Waals surface area contributed by atoms with E-state index in [1.54, 1.807) is 29.3 Å². The van der Waals surface area contributed by atoms with Crippen LogP contribution in [0.1, 0.15) is 39.8 Å². The van der Waals surface area contributed by atoms with Crippen molar-refractivity contribution in [2.75, 3.05) is 30.8 Å². The van der Waals surface area contributed by atoms with Crippen molar-refractivity contribution in [1.82, 2.24) is 20.2 Å². The first-order valence-electron chi connectivity index (χ1n) is 9.76. The predicted octanol–water partition coefficient (Wildman–Crippen LogP) is 3.78. The summed E-state index contributed by atoms with van der Waals surface area (Å²) in [7, 11) is 0. The van der Waals surface area contributed by atoms with Crippen LogP contribution < -0.4 is 10.6 Å². The molecule has 30 heavy (non-hydrogen) atoms. The molecule has 0 radical (unpaired) electrons. The average Bonchev–Trinajstić information content (AvgIpc) is 3.05. The first kappa shape index (κ1) is 22.5. The van der Waals surface area contributed by atoms with E-state index in [0.29, 0.717) is 24.5 Å². The van der Waals surface area contributed by atoms with Gasteiger partial charge in [0, 0.05) is 31.4 Å². The maximum atomic E-state index is 12.7. The summed E-state index contributed by atoms with van der Waals surface area (Å²) in [5.41, 5.74) is 2.35. The Morgan fingerprint density at radius 2 is 2.27 bits per heavy atom. The van der Waals surface area contributed by atoms with Gasteiger partial charge in [-0.25, -0.2) is 9.97 Å². The van der Waals surface area contributed by atoms with Gasteiger partial charge in [-0.1, -0.05) is 0 Å². The minimum atomic E-state index is -0.0663. The molecule has 0 bridgehead atoms. The fourth-order valence-electron chi connectivity index (χ4n) is 3.29. The van der Waals surface area contributed by atoms with Crippen LogP contribution in [0.25, 0.3) is 5.70 Å². The molecule has 1 aliphatic rings. The van der Waals surface area contributed by atoms with Crippen LogP contribution >= 0.6 is 23.1 Å². The van der Waals surface area contributed by atoms with Gasteiger partial charge in [-0.2, -0.15) is 0 Å². The predicted molar refractivity (Wildman–Crippen MR) is 127 cm³/mol. The summed E-state index contributed by atoms with van der Waals surface area (Å²) in [6.07, 6.45) is 1.64. The largest absolute Gasteiger partial charge is 0.361 e. The van der Waals surface area contributed by atoms with Crippen molar-refractivity contribution in [2.45, 2.75) is 33.2 Å². The van der Waals surface area contributed by atoms with Gasteiger partial charge in [0.15, 0.2) is 0 Å². The standard InChI is InChI=1S/C21H28N6OS2/c1-14-19(30-15(2)26-14)17(22-5)11-29-13-24-18-7-6-16(10-23-18)20(28)27-9-8-25-21(3,4)12-27/h6-7,10-11,25H,5,8-9,12-13H2,1-4H3,(H,23,24)/b17-11-. The lowest BCUT2D eigenvalue weighted by Gasteiger charge is -2.39. The Morgan fingerprint density at radius 1 is 1.47 bits per heavy atom. The lowest BCUT2D eigenvalue weighted by atomic mass is 10.0. The molecule has 3 heterocycles. The van der Waals surface area contributed by atoms with E-state index < -0.39 is 0 Å². The average molecular weight is 445 g/mol. The fourth-order valence-corrected chi connectivity index (χ4v) is 4.93. The number of hydrogen-bond acceptors (Lipinski definition) is 8. The number of thioether (sulfide) groups is 1. The summed E-state index contributed by atoms with van der Waals surface area (Å²) in [6.45, 7) is 14.1. The molecule has 1 aliphatic heterocycles. The molecule has 0 saturated carbocycles. The normalized spacial score (nSPS) is 16.4. The summed E-state index contributed by atoms with van der Waals surface area (Å²) >= 11 is 3.19. The van der Waals surface area contributed by atoms with Crippen molar-refractivity contribution in [3.05, 3.63) is 44.9 Å². The van der Waals surface area contributed by atoms with Gasteiger partial charge in [0.2, 0.25) is 0 Å². The van der Waals surface area contributed by atoms with E-state index in [-0.39, 0.29) is 11.4 Å². The minimum absolute atomic E-state index is 0.0258. The maximum Gasteiger partial charge on any atom is 0.255 e. The van der Waals surface area contributed by atoms with Gasteiger partial charge in [-0.05, 0) is 52.0 Å². The molecule has 1 amide bonds. The highest BCUT2D eigenvalue weighted by atomic mass is 32.2. The van der Waals surface area contributed by atoms with Crippen molar-refractivity contribution in [1.29, 1.82) is 0 Å². The van der Waals surface area contributed by atoms with Crippen LogP contribution in [0.5, 0.6) is 0 Å². The molecule has 9 heteroatoms. The molecule has 2 aromatic rings. The monoisotopic (exact) mass is 444 g/mol. The highest BCUT2D eigenvalue weighted by Crippen LogP contribution is 2.28. The number of nitrogens with one attached hydrogen (secondary N) is 2. The van der Waals surface area contributed by atoms with Crippen LogP contribution in [-0.4, -0.2) is 58.5 Å². The molecule has 1 fully saturated rings. The number of rotatable bonds is 7. The topological polar surface area (TPSA) is 82.5 Å². The van der Waals surface area contributed by atoms with Crippen molar-refractivity contribution < 1.29 is 4.79 Å². The number of carbonyl (C=O) groups excluding carboxylic acids is 1. The third kappa shape index (κ3) is 5.68. The van der Waals surface area contributed by atoms with Crippen LogP contribution in [0.15, 0.2) is 28.7 Å². The van der Waals surface area contributed by atoms with Gasteiger partial charge in [-0.15, -0.1) is 23.1 Å². The van der Waals surface area contributed by atoms with Crippen LogP contribution in [0.4, 0.5) is 5.82 Å². The molecular weight excluding hydrogens is 416 g/mol. The Kier molecular flexibility index (Phi) is 7.27. The zero-order valence-electron chi connectivity index (χ0n) is 17.9. The molecule has 0 unspecified atom stereocenters. The molecule has 0 aromatic carbocycles. The van der Waals surface area contributed by atoms with Crippen molar-refractivity contribution >= 4 is 47.2 Å². The van der Waals surface area contributed by atoms with Gasteiger partial charge in [0.25, 0.3) is 5.91 Å². The van der Waals surface area contributed by atoms with Crippen LogP contribution in [0.2, 0.25) is 0 Å². The summed E-state index contributed by atoms with van der Waals surface area (Å²) in [5, 5.41) is 9.66. The van der Waals surface area contributed by atoms with Gasteiger partial charge >= 0.3 is 0 Å². The molecule has 2 aromatic heterocycles. The third-order valence-corrected chi connectivity index (χ3v) is 6.50. The van der Waals surface area contributed by atoms with E-state index in [1.165, 1.54) is 0 Å². The van der Waals surface area contributed by atoms with Crippen LogP contribution in [0, 0.1) is 13.8 Å². The fraction of sp³-hybridized carbons (Fsp3) is 0.429. The Balaban J connectivity index is 1.54. The Labute approximate surface area is 186 Å². The molecular formula is C21H28N6OS2. The van der Waals surface area contributed by atoms with E-state index >= 15 is 0 Å². The van der Waals surface area contributed by atoms with E-state index in [4.69, 9.17) is 0 Å². The number of pyridine rings is 1. The summed E-state index contributed by atoms with van der Waals surface area (Å²) in [4.78, 5) is 28.6.